The average Bonchev–Trinajstić information content (AvgIpc) is 3.13. The number of H-pyrrole nitrogens is 1. The first-order valence-corrected chi connectivity index (χ1v) is 9.16. The molecule has 2 N–H and O–H groups in total. The van der Waals surface area contributed by atoms with Gasteiger partial charge in [0.25, 0.3) is 11.5 Å². The van der Waals surface area contributed by atoms with Crippen LogP contribution in [0.15, 0.2) is 51.5 Å². The molecule has 3 aromatic rings. The van der Waals surface area contributed by atoms with Gasteiger partial charge in [0.1, 0.15) is 4.32 Å². The van der Waals surface area contributed by atoms with E-state index in [1.165, 1.54) is 23.1 Å². The Morgan fingerprint density at radius 2 is 1.96 bits per heavy atom. The highest BCUT2D eigenvalue weighted by molar-refractivity contribution is 8.26. The molecule has 1 aliphatic heterocycles. The van der Waals surface area contributed by atoms with Crippen LogP contribution in [0.2, 0.25) is 0 Å². The predicted molar refractivity (Wildman–Crippen MR) is 104 cm³/mol. The molecule has 24 heavy (non-hydrogen) atoms. The van der Waals surface area contributed by atoms with E-state index in [0.717, 1.165) is 21.3 Å². The fourth-order valence-corrected chi connectivity index (χ4v) is 4.43. The summed E-state index contributed by atoms with van der Waals surface area (Å²) in [7, 11) is 0. The number of thioether (sulfide) groups is 1. The van der Waals surface area contributed by atoms with Gasteiger partial charge < -0.3 is 10.3 Å². The number of hydrogen-bond donors (Lipinski definition) is 2. The van der Waals surface area contributed by atoms with E-state index in [4.69, 9.17) is 12.2 Å². The summed E-state index contributed by atoms with van der Waals surface area (Å²) in [5.74, 6) is -0.177. The Kier molecular flexibility index (Phi) is 3.84. The molecule has 3 heterocycles. The van der Waals surface area contributed by atoms with Crippen molar-refractivity contribution >= 4 is 62.5 Å². The van der Waals surface area contributed by atoms with E-state index in [2.05, 4.69) is 10.3 Å². The summed E-state index contributed by atoms with van der Waals surface area (Å²) in [6.45, 7) is 0. The molecule has 1 fully saturated rings. The highest BCUT2D eigenvalue weighted by Crippen LogP contribution is 2.30. The Balaban J connectivity index is 1.74. The average molecular weight is 370 g/mol. The first-order valence-electron chi connectivity index (χ1n) is 7.06. The van der Waals surface area contributed by atoms with E-state index in [1.54, 1.807) is 6.08 Å². The molecule has 0 bridgehead atoms. The van der Waals surface area contributed by atoms with Crippen LogP contribution in [0.1, 0.15) is 4.88 Å². The van der Waals surface area contributed by atoms with Crippen LogP contribution in [-0.4, -0.2) is 15.2 Å². The number of aromatic nitrogens is 1. The maximum Gasteiger partial charge on any atom is 0.263 e. The molecular formula is C17H10N2O2S3. The number of fused-ring (bicyclic) bond motifs is 1. The highest BCUT2D eigenvalue weighted by atomic mass is 32.2. The molecule has 4 rings (SSSR count). The van der Waals surface area contributed by atoms with Crippen molar-refractivity contribution in [3.05, 3.63) is 61.9 Å². The van der Waals surface area contributed by atoms with E-state index >= 15 is 0 Å². The van der Waals surface area contributed by atoms with Crippen molar-refractivity contribution in [2.75, 3.05) is 0 Å². The summed E-state index contributed by atoms with van der Waals surface area (Å²) in [5.41, 5.74) is 2.15. The van der Waals surface area contributed by atoms with Gasteiger partial charge in [-0.15, -0.1) is 11.3 Å². The number of carbonyl (C=O) groups excluding carboxylic acids is 1. The molecule has 0 spiro atoms. The standard InChI is InChI=1S/C17H10N2O2S3/c20-15-12(6-9-3-1-2-4-13(9)18-15)10-5-11(23-8-10)7-14-16(21)19-17(22)24-14/h1-8H,(H,18,20)(H,19,21,22). The lowest BCUT2D eigenvalue weighted by Crippen LogP contribution is -2.17. The quantitative estimate of drug-likeness (QED) is 0.533. The Labute approximate surface area is 150 Å². The van der Waals surface area contributed by atoms with Gasteiger partial charge in [-0.1, -0.05) is 42.2 Å². The molecule has 1 saturated heterocycles. The van der Waals surface area contributed by atoms with Crippen LogP contribution in [0.5, 0.6) is 0 Å². The zero-order valence-electron chi connectivity index (χ0n) is 12.2. The fraction of sp³-hybridized carbons (Fsp3) is 0. The van der Waals surface area contributed by atoms with Gasteiger partial charge in [-0.3, -0.25) is 9.59 Å². The Hall–Kier alpha value is -2.22. The van der Waals surface area contributed by atoms with Gasteiger partial charge in [-0.05, 0) is 40.6 Å². The second-order valence-corrected chi connectivity index (χ2v) is 7.85. The third-order valence-corrected chi connectivity index (χ3v) is 5.64. The normalized spacial score (nSPS) is 16.1. The number of thiocarbonyl (C=S) groups is 1. The highest BCUT2D eigenvalue weighted by Gasteiger charge is 2.22. The second-order valence-electron chi connectivity index (χ2n) is 5.19. The fourth-order valence-electron chi connectivity index (χ4n) is 2.48. The molecule has 1 aromatic carbocycles. The molecule has 0 unspecified atom stereocenters. The topological polar surface area (TPSA) is 62.0 Å². The number of rotatable bonds is 2. The minimum atomic E-state index is -0.177. The summed E-state index contributed by atoms with van der Waals surface area (Å²) in [4.78, 5) is 28.4. The van der Waals surface area contributed by atoms with E-state index in [1.807, 2.05) is 41.8 Å². The van der Waals surface area contributed by atoms with Gasteiger partial charge >= 0.3 is 0 Å². The van der Waals surface area contributed by atoms with E-state index in [0.29, 0.717) is 14.8 Å². The summed E-state index contributed by atoms with van der Waals surface area (Å²) >= 11 is 7.71. The molecule has 0 atom stereocenters. The lowest BCUT2D eigenvalue weighted by Gasteiger charge is -2.01. The molecule has 0 radical (unpaired) electrons. The summed E-state index contributed by atoms with van der Waals surface area (Å²) in [6, 6.07) is 11.5. The smallest absolute Gasteiger partial charge is 0.263 e. The second kappa shape index (κ2) is 6.01. The Bertz CT molecular complexity index is 1080. The molecule has 7 heteroatoms. The van der Waals surface area contributed by atoms with E-state index in [-0.39, 0.29) is 11.5 Å². The van der Waals surface area contributed by atoms with E-state index < -0.39 is 0 Å². The first-order chi connectivity index (χ1) is 11.6. The Morgan fingerprint density at radius 3 is 2.75 bits per heavy atom. The summed E-state index contributed by atoms with van der Waals surface area (Å²) in [5, 5.41) is 5.49. The first kappa shape index (κ1) is 15.3. The van der Waals surface area contributed by atoms with Crippen molar-refractivity contribution < 1.29 is 4.79 Å². The molecule has 0 aliphatic carbocycles. The molecule has 1 amide bonds. The minimum Gasteiger partial charge on any atom is -0.321 e. The molecular weight excluding hydrogens is 360 g/mol. The van der Waals surface area contributed by atoms with E-state index in [9.17, 15) is 9.59 Å². The van der Waals surface area contributed by atoms with Crippen LogP contribution in [-0.2, 0) is 4.79 Å². The van der Waals surface area contributed by atoms with Crippen LogP contribution in [0.4, 0.5) is 0 Å². The van der Waals surface area contributed by atoms with Crippen LogP contribution in [0.25, 0.3) is 28.1 Å². The molecule has 4 nitrogen and oxygen atoms in total. The maximum absolute atomic E-state index is 12.3. The zero-order chi connectivity index (χ0) is 16.7. The van der Waals surface area contributed by atoms with Crippen molar-refractivity contribution in [3.8, 4) is 11.1 Å². The minimum absolute atomic E-state index is 0.125. The zero-order valence-corrected chi connectivity index (χ0v) is 14.6. The number of nitrogens with one attached hydrogen (secondary N) is 2. The van der Waals surface area contributed by atoms with Gasteiger partial charge in [0.05, 0.1) is 4.91 Å². The number of thiophene rings is 1. The maximum atomic E-state index is 12.3. The molecule has 1 aliphatic rings. The number of benzene rings is 1. The van der Waals surface area contributed by atoms with Crippen molar-refractivity contribution in [2.45, 2.75) is 0 Å². The predicted octanol–water partition coefficient (Wildman–Crippen LogP) is 3.75. The van der Waals surface area contributed by atoms with Crippen LogP contribution < -0.4 is 10.9 Å². The SMILES string of the molecule is O=C1NC(=S)SC1=Cc1cc(-c2cc3ccccc3[nH]c2=O)cs1. The summed E-state index contributed by atoms with van der Waals surface area (Å²) < 4.78 is 0.467. The largest absolute Gasteiger partial charge is 0.321 e. The van der Waals surface area contributed by atoms with Crippen molar-refractivity contribution in [3.63, 3.8) is 0 Å². The van der Waals surface area contributed by atoms with Crippen LogP contribution in [0, 0.1) is 0 Å². The molecule has 118 valence electrons. The third-order valence-electron chi connectivity index (χ3n) is 3.60. The lowest BCUT2D eigenvalue weighted by molar-refractivity contribution is -0.115. The third kappa shape index (κ3) is 2.82. The molecule has 0 saturated carbocycles. The van der Waals surface area contributed by atoms with Crippen molar-refractivity contribution in [2.24, 2.45) is 0 Å². The Morgan fingerprint density at radius 1 is 1.12 bits per heavy atom. The van der Waals surface area contributed by atoms with Crippen molar-refractivity contribution in [1.29, 1.82) is 0 Å². The number of aromatic amines is 1. The van der Waals surface area contributed by atoms with Gasteiger partial charge in [-0.25, -0.2) is 0 Å². The molecule has 2 aromatic heterocycles. The van der Waals surface area contributed by atoms with Crippen LogP contribution in [0.3, 0.4) is 0 Å². The number of hydrogen-bond acceptors (Lipinski definition) is 5. The number of pyridine rings is 1. The lowest BCUT2D eigenvalue weighted by atomic mass is 10.1. The van der Waals surface area contributed by atoms with Gasteiger partial charge in [0, 0.05) is 16.0 Å². The van der Waals surface area contributed by atoms with Gasteiger partial charge in [0.15, 0.2) is 0 Å². The summed E-state index contributed by atoms with van der Waals surface area (Å²) in [6.07, 6.45) is 1.79. The van der Waals surface area contributed by atoms with Gasteiger partial charge in [0.2, 0.25) is 0 Å². The number of amides is 1. The monoisotopic (exact) mass is 370 g/mol. The van der Waals surface area contributed by atoms with Gasteiger partial charge in [-0.2, -0.15) is 0 Å². The number of para-hydroxylation sites is 1. The number of carbonyl (C=O) groups is 1. The van der Waals surface area contributed by atoms with Crippen LogP contribution >= 0.6 is 35.3 Å². The van der Waals surface area contributed by atoms with Crippen molar-refractivity contribution in [1.82, 2.24) is 10.3 Å².